The first-order valence-corrected chi connectivity index (χ1v) is 11.8. The smallest absolute Gasteiger partial charge is 0.271 e. The standard InChI is InChI=1S/C26H27ClN6O3/c1-26(2)25(34)33(13-15-6-8-16(35-5)9-7-15)19-10-17(27)18(11-21(19)36-26)32(4)22-12-20-23(24(28)30-22)29-14-31(20)3/h6-12,14H,13H2,1-5H3,(H2,28,30). The van der Waals surface area contributed by atoms with Crippen molar-refractivity contribution >= 4 is 51.6 Å². The summed E-state index contributed by atoms with van der Waals surface area (Å²) < 4.78 is 13.3. The van der Waals surface area contributed by atoms with Gasteiger partial charge in [0.25, 0.3) is 5.91 Å². The van der Waals surface area contributed by atoms with Gasteiger partial charge in [-0.1, -0.05) is 23.7 Å². The van der Waals surface area contributed by atoms with E-state index < -0.39 is 5.60 Å². The monoisotopic (exact) mass is 506 g/mol. The quantitative estimate of drug-likeness (QED) is 0.419. The molecule has 1 aliphatic rings. The van der Waals surface area contributed by atoms with Crippen molar-refractivity contribution in [2.75, 3.05) is 29.7 Å². The maximum absolute atomic E-state index is 13.3. The molecule has 2 N–H and O–H groups in total. The van der Waals surface area contributed by atoms with Crippen molar-refractivity contribution in [1.29, 1.82) is 0 Å². The minimum absolute atomic E-state index is 0.154. The van der Waals surface area contributed by atoms with Gasteiger partial charge in [-0.2, -0.15) is 0 Å². The zero-order valence-electron chi connectivity index (χ0n) is 20.7. The fraction of sp³-hybridized carbons (Fsp3) is 0.269. The van der Waals surface area contributed by atoms with E-state index in [1.807, 2.05) is 60.0 Å². The highest BCUT2D eigenvalue weighted by Crippen LogP contribution is 2.45. The number of benzene rings is 2. The Labute approximate surface area is 214 Å². The number of methoxy groups -OCH3 is 1. The summed E-state index contributed by atoms with van der Waals surface area (Å²) >= 11 is 6.77. The average molecular weight is 507 g/mol. The number of nitrogens with two attached hydrogens (primary N) is 1. The molecule has 0 aliphatic carbocycles. The molecule has 9 nitrogen and oxygen atoms in total. The summed E-state index contributed by atoms with van der Waals surface area (Å²) in [6, 6.07) is 13.1. The van der Waals surface area contributed by atoms with Crippen LogP contribution in [-0.2, 0) is 18.4 Å². The number of carbonyl (C=O) groups is 1. The average Bonchev–Trinajstić information content (AvgIpc) is 3.23. The Morgan fingerprint density at radius 2 is 1.92 bits per heavy atom. The number of amides is 1. The Balaban J connectivity index is 1.55. The molecule has 0 unspecified atom stereocenters. The molecule has 0 fully saturated rings. The van der Waals surface area contributed by atoms with Gasteiger partial charge in [0.1, 0.15) is 22.8 Å². The van der Waals surface area contributed by atoms with E-state index in [4.69, 9.17) is 26.8 Å². The maximum atomic E-state index is 13.3. The number of aryl methyl sites for hydroxylation is 1. The highest BCUT2D eigenvalue weighted by molar-refractivity contribution is 6.34. The van der Waals surface area contributed by atoms with Crippen LogP contribution in [0.4, 0.5) is 23.0 Å². The molecule has 2 aromatic carbocycles. The number of hydrogen-bond acceptors (Lipinski definition) is 7. The second-order valence-corrected chi connectivity index (χ2v) is 9.68. The first-order chi connectivity index (χ1) is 17.1. The van der Waals surface area contributed by atoms with Gasteiger partial charge in [0.15, 0.2) is 11.4 Å². The third-order valence-corrected chi connectivity index (χ3v) is 6.68. The Kier molecular flexibility index (Phi) is 5.67. The fourth-order valence-electron chi connectivity index (χ4n) is 4.34. The topological polar surface area (TPSA) is 98.7 Å². The Bertz CT molecular complexity index is 1480. The number of nitrogens with zero attached hydrogens (tertiary/aromatic N) is 5. The zero-order chi connectivity index (χ0) is 25.8. The van der Waals surface area contributed by atoms with Crippen LogP contribution in [0.5, 0.6) is 11.5 Å². The van der Waals surface area contributed by atoms with Gasteiger partial charge in [-0.15, -0.1) is 0 Å². The van der Waals surface area contributed by atoms with Gasteiger partial charge in [0.05, 0.1) is 41.9 Å². The van der Waals surface area contributed by atoms with E-state index in [0.29, 0.717) is 45.8 Å². The van der Waals surface area contributed by atoms with Crippen LogP contribution in [-0.4, -0.2) is 40.2 Å². The lowest BCUT2D eigenvalue weighted by molar-refractivity contribution is -0.132. The molecule has 2 aromatic heterocycles. The molecule has 0 spiro atoms. The lowest BCUT2D eigenvalue weighted by atomic mass is 10.0. The summed E-state index contributed by atoms with van der Waals surface area (Å²) in [5, 5.41) is 0.442. The van der Waals surface area contributed by atoms with Gasteiger partial charge >= 0.3 is 0 Å². The van der Waals surface area contributed by atoms with E-state index >= 15 is 0 Å². The van der Waals surface area contributed by atoms with Gasteiger partial charge in [0.2, 0.25) is 0 Å². The SMILES string of the molecule is COc1ccc(CN2C(=O)C(C)(C)Oc3cc(N(C)c4cc5c(ncn5C)c(N)n4)c(Cl)cc32)cc1. The molecule has 186 valence electrons. The predicted octanol–water partition coefficient (Wildman–Crippen LogP) is 4.68. The molecule has 5 rings (SSSR count). The molecule has 0 radical (unpaired) electrons. The molecule has 4 aromatic rings. The van der Waals surface area contributed by atoms with Gasteiger partial charge < -0.3 is 29.6 Å². The molecule has 0 bridgehead atoms. The Morgan fingerprint density at radius 1 is 1.19 bits per heavy atom. The van der Waals surface area contributed by atoms with Crippen LogP contribution in [0, 0.1) is 0 Å². The number of aromatic nitrogens is 3. The van der Waals surface area contributed by atoms with Crippen molar-refractivity contribution in [3.05, 3.63) is 59.4 Å². The van der Waals surface area contributed by atoms with Crippen LogP contribution in [0.1, 0.15) is 19.4 Å². The largest absolute Gasteiger partial charge is 0.497 e. The zero-order valence-corrected chi connectivity index (χ0v) is 21.5. The normalized spacial score (nSPS) is 14.5. The predicted molar refractivity (Wildman–Crippen MR) is 141 cm³/mol. The summed E-state index contributed by atoms with van der Waals surface area (Å²) in [5.41, 5.74) is 8.83. The number of anilines is 4. The minimum atomic E-state index is -1.06. The van der Waals surface area contributed by atoms with E-state index in [1.54, 1.807) is 38.3 Å². The molecule has 0 saturated carbocycles. The van der Waals surface area contributed by atoms with Crippen LogP contribution in [0.2, 0.25) is 5.02 Å². The van der Waals surface area contributed by atoms with Crippen LogP contribution in [0.3, 0.4) is 0 Å². The lowest BCUT2D eigenvalue weighted by Crippen LogP contribution is -2.52. The first kappa shape index (κ1) is 23.7. The van der Waals surface area contributed by atoms with Crippen molar-refractivity contribution in [3.8, 4) is 11.5 Å². The second kappa shape index (κ2) is 8.60. The molecule has 3 heterocycles. The van der Waals surface area contributed by atoms with E-state index in [1.165, 1.54) is 0 Å². The van der Waals surface area contributed by atoms with Crippen LogP contribution in [0.15, 0.2) is 48.8 Å². The third-order valence-electron chi connectivity index (χ3n) is 6.38. The van der Waals surface area contributed by atoms with E-state index in [0.717, 1.165) is 16.8 Å². The number of pyridine rings is 1. The number of nitrogen functional groups attached to an aromatic ring is 1. The van der Waals surface area contributed by atoms with Crippen LogP contribution < -0.4 is 25.0 Å². The number of ether oxygens (including phenoxy) is 2. The molecule has 10 heteroatoms. The van der Waals surface area contributed by atoms with Gasteiger partial charge in [-0.05, 0) is 37.6 Å². The van der Waals surface area contributed by atoms with Crippen molar-refractivity contribution in [3.63, 3.8) is 0 Å². The van der Waals surface area contributed by atoms with E-state index in [2.05, 4.69) is 9.97 Å². The summed E-state index contributed by atoms with van der Waals surface area (Å²) in [6.07, 6.45) is 1.70. The fourth-order valence-corrected chi connectivity index (χ4v) is 4.62. The van der Waals surface area contributed by atoms with Gasteiger partial charge in [-0.25, -0.2) is 9.97 Å². The Morgan fingerprint density at radius 3 is 2.61 bits per heavy atom. The maximum Gasteiger partial charge on any atom is 0.271 e. The van der Waals surface area contributed by atoms with E-state index in [9.17, 15) is 4.79 Å². The summed E-state index contributed by atoms with van der Waals surface area (Å²) in [4.78, 5) is 25.7. The molecule has 36 heavy (non-hydrogen) atoms. The third kappa shape index (κ3) is 3.95. The van der Waals surface area contributed by atoms with Crippen molar-refractivity contribution < 1.29 is 14.3 Å². The van der Waals surface area contributed by atoms with Crippen molar-refractivity contribution in [2.45, 2.75) is 26.0 Å². The van der Waals surface area contributed by atoms with Crippen molar-refractivity contribution in [1.82, 2.24) is 14.5 Å². The highest BCUT2D eigenvalue weighted by atomic mass is 35.5. The first-order valence-electron chi connectivity index (χ1n) is 11.4. The van der Waals surface area contributed by atoms with Gasteiger partial charge in [0, 0.05) is 26.2 Å². The van der Waals surface area contributed by atoms with Crippen molar-refractivity contribution in [2.24, 2.45) is 7.05 Å². The Hall–Kier alpha value is -3.98. The van der Waals surface area contributed by atoms with Crippen LogP contribution >= 0.6 is 11.6 Å². The summed E-state index contributed by atoms with van der Waals surface area (Å²) in [7, 11) is 5.37. The number of halogens is 1. The number of carbonyl (C=O) groups excluding carboxylic acids is 1. The van der Waals surface area contributed by atoms with Gasteiger partial charge in [-0.3, -0.25) is 4.79 Å². The molecule has 1 aliphatic heterocycles. The molecule has 0 atom stereocenters. The molecule has 1 amide bonds. The lowest BCUT2D eigenvalue weighted by Gasteiger charge is -2.39. The number of fused-ring (bicyclic) bond motifs is 2. The molecule has 0 saturated heterocycles. The number of imidazole rings is 1. The number of rotatable bonds is 5. The number of hydrogen-bond donors (Lipinski definition) is 1. The highest BCUT2D eigenvalue weighted by Gasteiger charge is 2.41. The second-order valence-electron chi connectivity index (χ2n) is 9.27. The molecular weight excluding hydrogens is 480 g/mol. The minimum Gasteiger partial charge on any atom is -0.497 e. The van der Waals surface area contributed by atoms with E-state index in [-0.39, 0.29) is 5.91 Å². The van der Waals surface area contributed by atoms with Crippen LogP contribution in [0.25, 0.3) is 11.0 Å². The summed E-state index contributed by atoms with van der Waals surface area (Å²) in [6.45, 7) is 3.88. The molecular formula is C26H27ClN6O3. The summed E-state index contributed by atoms with van der Waals surface area (Å²) in [5.74, 6) is 2.08.